The number of hydrogen-bond donors (Lipinski definition) is 0. The van der Waals surface area contributed by atoms with Gasteiger partial charge in [-0.1, -0.05) is 76.2 Å². The van der Waals surface area contributed by atoms with Crippen molar-refractivity contribution in [2.75, 3.05) is 0 Å². The van der Waals surface area contributed by atoms with E-state index in [0.29, 0.717) is 11.7 Å². The van der Waals surface area contributed by atoms with Gasteiger partial charge in [0.05, 0.1) is 11.2 Å². The van der Waals surface area contributed by atoms with Crippen molar-refractivity contribution in [2.45, 2.75) is 142 Å². The van der Waals surface area contributed by atoms with E-state index >= 15 is 0 Å². The Morgan fingerprint density at radius 3 is 1.70 bits per heavy atom. The molecule has 0 N–H and O–H groups in total. The van der Waals surface area contributed by atoms with E-state index in [4.69, 9.17) is 9.31 Å². The molecule has 172 valence electrons. The first-order chi connectivity index (χ1) is 14.4. The predicted molar refractivity (Wildman–Crippen MR) is 132 cm³/mol. The Balaban J connectivity index is 1.39. The molecule has 0 spiro atoms. The summed E-state index contributed by atoms with van der Waals surface area (Å²) >= 11 is 0. The molecule has 3 heteroatoms. The molecule has 0 radical (unpaired) electrons. The normalized spacial score (nSPS) is 25.0. The van der Waals surface area contributed by atoms with Crippen molar-refractivity contribution in [2.24, 2.45) is 5.92 Å². The number of allylic oxidation sites excluding steroid dienone is 4. The van der Waals surface area contributed by atoms with Crippen LogP contribution < -0.4 is 0 Å². The van der Waals surface area contributed by atoms with E-state index < -0.39 is 0 Å². The quantitative estimate of drug-likeness (QED) is 0.142. The number of rotatable bonds is 16. The van der Waals surface area contributed by atoms with Crippen LogP contribution in [0.1, 0.15) is 125 Å². The van der Waals surface area contributed by atoms with Crippen LogP contribution in [0.2, 0.25) is 5.82 Å². The fourth-order valence-corrected chi connectivity index (χ4v) is 4.26. The Morgan fingerprint density at radius 1 is 0.700 bits per heavy atom. The summed E-state index contributed by atoms with van der Waals surface area (Å²) in [6.07, 6.45) is 28.4. The summed E-state index contributed by atoms with van der Waals surface area (Å²) in [5.74, 6) is 1.22. The monoisotopic (exact) mass is 416 g/mol. The summed E-state index contributed by atoms with van der Waals surface area (Å²) in [6, 6.07) is 0. The maximum atomic E-state index is 6.19. The third-order valence-electron chi connectivity index (χ3n) is 7.28. The molecule has 0 amide bonds. The average Bonchev–Trinajstić information content (AvgIpc) is 3.42. The van der Waals surface area contributed by atoms with Gasteiger partial charge in [0.15, 0.2) is 0 Å². The van der Waals surface area contributed by atoms with E-state index in [9.17, 15) is 0 Å². The second-order valence-corrected chi connectivity index (χ2v) is 10.6. The Labute approximate surface area is 188 Å². The van der Waals surface area contributed by atoms with Crippen molar-refractivity contribution in [3.8, 4) is 0 Å². The molecule has 0 aromatic carbocycles. The maximum Gasteiger partial charge on any atom is 0.461 e. The smallest absolute Gasteiger partial charge is 0.403 e. The van der Waals surface area contributed by atoms with Crippen LogP contribution in [0.25, 0.3) is 0 Å². The summed E-state index contributed by atoms with van der Waals surface area (Å²) in [5.41, 5.74) is -0.393. The minimum atomic E-state index is -0.196. The van der Waals surface area contributed by atoms with Crippen LogP contribution in [-0.2, 0) is 9.31 Å². The van der Waals surface area contributed by atoms with Crippen molar-refractivity contribution in [3.63, 3.8) is 0 Å². The van der Waals surface area contributed by atoms with E-state index in [-0.39, 0.29) is 18.3 Å². The largest absolute Gasteiger partial charge is 0.461 e. The van der Waals surface area contributed by atoms with Crippen LogP contribution in [-0.4, -0.2) is 18.3 Å². The third kappa shape index (κ3) is 8.91. The number of unbranched alkanes of at least 4 members (excludes halogenated alkanes) is 11. The van der Waals surface area contributed by atoms with E-state index in [1.807, 2.05) is 0 Å². The van der Waals surface area contributed by atoms with Crippen molar-refractivity contribution >= 4 is 7.12 Å². The summed E-state index contributed by atoms with van der Waals surface area (Å²) < 4.78 is 12.4. The molecule has 1 heterocycles. The van der Waals surface area contributed by atoms with Crippen LogP contribution >= 0.6 is 0 Å². The molecule has 2 aliphatic rings. The van der Waals surface area contributed by atoms with Crippen molar-refractivity contribution in [1.29, 1.82) is 0 Å². The van der Waals surface area contributed by atoms with Gasteiger partial charge < -0.3 is 9.31 Å². The lowest BCUT2D eigenvalue weighted by molar-refractivity contribution is 0.00578. The summed E-state index contributed by atoms with van der Waals surface area (Å²) in [4.78, 5) is 0. The van der Waals surface area contributed by atoms with Gasteiger partial charge in [-0.2, -0.15) is 0 Å². The van der Waals surface area contributed by atoms with Gasteiger partial charge in [-0.3, -0.25) is 0 Å². The van der Waals surface area contributed by atoms with E-state index in [1.165, 1.54) is 89.9 Å². The molecule has 1 saturated carbocycles. The minimum absolute atomic E-state index is 0.0150. The summed E-state index contributed by atoms with van der Waals surface area (Å²) in [7, 11) is -0.0150. The SMILES string of the molecule is CCCCCCCC/C=C\CCCCCC/C=C/[C@H]1C[C@@H]1B1OC(C)(C)C(C)(C)O1. The van der Waals surface area contributed by atoms with Crippen LogP contribution in [0.3, 0.4) is 0 Å². The van der Waals surface area contributed by atoms with E-state index in [1.54, 1.807) is 0 Å². The van der Waals surface area contributed by atoms with Gasteiger partial charge in [0.1, 0.15) is 0 Å². The lowest BCUT2D eigenvalue weighted by Crippen LogP contribution is -2.41. The molecule has 2 rings (SSSR count). The highest BCUT2D eigenvalue weighted by atomic mass is 16.7. The average molecular weight is 416 g/mol. The third-order valence-corrected chi connectivity index (χ3v) is 7.28. The fourth-order valence-electron chi connectivity index (χ4n) is 4.26. The highest BCUT2D eigenvalue weighted by Gasteiger charge is 2.58. The molecule has 1 aliphatic heterocycles. The molecule has 2 nitrogen and oxygen atoms in total. The van der Waals surface area contributed by atoms with E-state index in [2.05, 4.69) is 58.9 Å². The van der Waals surface area contributed by atoms with Crippen LogP contribution in [0, 0.1) is 5.92 Å². The molecular formula is C27H49BO2. The van der Waals surface area contributed by atoms with E-state index in [0.717, 1.165) is 0 Å². The molecule has 0 aromatic rings. The Morgan fingerprint density at radius 2 is 1.17 bits per heavy atom. The molecule has 1 aliphatic carbocycles. The minimum Gasteiger partial charge on any atom is -0.403 e. The predicted octanol–water partition coefficient (Wildman–Crippen LogP) is 8.67. The number of hydrogen-bond acceptors (Lipinski definition) is 2. The standard InChI is InChI=1S/C27H49BO2/c1-6-7-8-9-10-11-12-13-14-15-16-17-18-19-20-21-22-24-23-25(24)28-29-26(2,3)27(4,5)30-28/h13-14,21-22,24-25H,6-12,15-20,23H2,1-5H3/b14-13-,22-21+/t24-,25-/m0/s1. The summed E-state index contributed by atoms with van der Waals surface area (Å²) in [5, 5.41) is 0. The summed E-state index contributed by atoms with van der Waals surface area (Å²) in [6.45, 7) is 10.9. The zero-order valence-corrected chi connectivity index (χ0v) is 20.8. The topological polar surface area (TPSA) is 18.5 Å². The van der Waals surface area contributed by atoms with Crippen molar-refractivity contribution in [3.05, 3.63) is 24.3 Å². The van der Waals surface area contributed by atoms with Gasteiger partial charge in [0, 0.05) is 5.82 Å². The van der Waals surface area contributed by atoms with Gasteiger partial charge in [-0.15, -0.1) is 0 Å². The first-order valence-corrected chi connectivity index (χ1v) is 13.0. The Kier molecular flexibility index (Phi) is 11.2. The Bertz CT molecular complexity index is 507. The lowest BCUT2D eigenvalue weighted by Gasteiger charge is -2.32. The van der Waals surface area contributed by atoms with Crippen LogP contribution in [0.4, 0.5) is 0 Å². The van der Waals surface area contributed by atoms with Gasteiger partial charge in [0.2, 0.25) is 0 Å². The van der Waals surface area contributed by atoms with Gasteiger partial charge >= 0.3 is 7.12 Å². The maximum absolute atomic E-state index is 6.19. The molecule has 1 saturated heterocycles. The van der Waals surface area contributed by atoms with Gasteiger partial charge in [-0.25, -0.2) is 0 Å². The van der Waals surface area contributed by atoms with Crippen LogP contribution in [0.5, 0.6) is 0 Å². The van der Waals surface area contributed by atoms with Crippen molar-refractivity contribution < 1.29 is 9.31 Å². The first-order valence-electron chi connectivity index (χ1n) is 13.0. The molecule has 30 heavy (non-hydrogen) atoms. The second-order valence-electron chi connectivity index (χ2n) is 10.6. The molecule has 0 aromatic heterocycles. The zero-order chi connectivity index (χ0) is 21.9. The van der Waals surface area contributed by atoms with Crippen LogP contribution in [0.15, 0.2) is 24.3 Å². The molecule has 2 atom stereocenters. The second kappa shape index (κ2) is 13.1. The van der Waals surface area contributed by atoms with Crippen molar-refractivity contribution in [1.82, 2.24) is 0 Å². The molecule has 0 unspecified atom stereocenters. The lowest BCUT2D eigenvalue weighted by atomic mass is 9.80. The van der Waals surface area contributed by atoms with Gasteiger partial charge in [0.25, 0.3) is 0 Å². The van der Waals surface area contributed by atoms with Gasteiger partial charge in [-0.05, 0) is 78.6 Å². The fraction of sp³-hybridized carbons (Fsp3) is 0.852. The zero-order valence-electron chi connectivity index (χ0n) is 20.8. The molecular weight excluding hydrogens is 367 g/mol. The highest BCUT2D eigenvalue weighted by Crippen LogP contribution is 2.53. The highest BCUT2D eigenvalue weighted by molar-refractivity contribution is 6.48. The Hall–Kier alpha value is -0.535. The molecule has 2 fully saturated rings. The first kappa shape index (κ1) is 25.7. The molecule has 0 bridgehead atoms.